The van der Waals surface area contributed by atoms with Crippen molar-refractivity contribution in [2.75, 3.05) is 49.1 Å². The van der Waals surface area contributed by atoms with Gasteiger partial charge in [-0.25, -0.2) is 0 Å². The monoisotopic (exact) mass is 467 g/mol. The first-order chi connectivity index (χ1) is 16.2. The Kier molecular flexibility index (Phi) is 6.72. The molecule has 1 aromatic heterocycles. The minimum absolute atomic E-state index is 0.282. The van der Waals surface area contributed by atoms with Crippen LogP contribution in [0, 0.1) is 0 Å². The third kappa shape index (κ3) is 4.68. The summed E-state index contributed by atoms with van der Waals surface area (Å²) < 4.78 is 0. The molecule has 0 N–H and O–H groups in total. The number of carbonyl (C=O) groups excluding carboxylic acids is 1. The second kappa shape index (κ2) is 9.88. The van der Waals surface area contributed by atoms with Crippen molar-refractivity contribution in [2.24, 2.45) is 0 Å². The van der Waals surface area contributed by atoms with Crippen LogP contribution in [0.5, 0.6) is 0 Å². The Morgan fingerprint density at radius 2 is 1.24 bits per heavy atom. The Labute approximate surface area is 201 Å². The molecule has 6 nitrogen and oxygen atoms in total. The first-order valence-electron chi connectivity index (χ1n) is 12.5. The second-order valence-corrected chi connectivity index (χ2v) is 10.2. The van der Waals surface area contributed by atoms with Crippen molar-refractivity contribution in [1.29, 1.82) is 0 Å². The topological polar surface area (TPSA) is 52.6 Å². The van der Waals surface area contributed by atoms with Crippen LogP contribution in [0.25, 0.3) is 0 Å². The highest BCUT2D eigenvalue weighted by molar-refractivity contribution is 6.30. The van der Waals surface area contributed by atoms with Gasteiger partial charge in [0.25, 0.3) is 0 Å². The maximum atomic E-state index is 13.7. The number of hydrogen-bond acceptors (Lipinski definition) is 5. The van der Waals surface area contributed by atoms with E-state index in [1.54, 1.807) is 0 Å². The van der Waals surface area contributed by atoms with Gasteiger partial charge in [-0.3, -0.25) is 4.79 Å². The lowest BCUT2D eigenvalue weighted by Crippen LogP contribution is -2.54. The van der Waals surface area contributed by atoms with Crippen LogP contribution in [0.1, 0.15) is 56.9 Å². The van der Waals surface area contributed by atoms with E-state index in [0.29, 0.717) is 0 Å². The van der Waals surface area contributed by atoms with Gasteiger partial charge in [0.05, 0.1) is 5.41 Å². The van der Waals surface area contributed by atoms with Gasteiger partial charge in [-0.2, -0.15) is 0 Å². The first kappa shape index (κ1) is 22.5. The van der Waals surface area contributed by atoms with Gasteiger partial charge in [0.1, 0.15) is 0 Å². The van der Waals surface area contributed by atoms with Crippen LogP contribution < -0.4 is 9.80 Å². The molecule has 3 fully saturated rings. The molecule has 2 aliphatic heterocycles. The van der Waals surface area contributed by atoms with E-state index in [-0.39, 0.29) is 11.3 Å². The summed E-state index contributed by atoms with van der Waals surface area (Å²) in [5, 5.41) is 9.80. The van der Waals surface area contributed by atoms with E-state index in [9.17, 15) is 4.79 Å². The number of hydrogen-bond donors (Lipinski definition) is 0. The smallest absolute Gasteiger partial charge is 0.233 e. The molecule has 3 aliphatic rings. The minimum atomic E-state index is -0.388. The van der Waals surface area contributed by atoms with Crippen molar-refractivity contribution in [3.05, 3.63) is 47.0 Å². The Morgan fingerprint density at radius 3 is 1.79 bits per heavy atom. The molecule has 1 aromatic carbocycles. The number of amides is 1. The van der Waals surface area contributed by atoms with E-state index in [1.807, 2.05) is 24.3 Å². The normalized spacial score (nSPS) is 21.2. The number of carbonyl (C=O) groups is 1. The number of piperazine rings is 1. The van der Waals surface area contributed by atoms with Crippen molar-refractivity contribution in [3.8, 4) is 0 Å². The van der Waals surface area contributed by atoms with Gasteiger partial charge in [-0.05, 0) is 55.5 Å². The van der Waals surface area contributed by atoms with Gasteiger partial charge in [0, 0.05) is 44.3 Å². The molecule has 3 heterocycles. The summed E-state index contributed by atoms with van der Waals surface area (Å²) >= 11 is 6.11. The zero-order valence-corrected chi connectivity index (χ0v) is 20.1. The van der Waals surface area contributed by atoms with E-state index in [4.69, 9.17) is 11.6 Å². The molecule has 7 heteroatoms. The van der Waals surface area contributed by atoms with Gasteiger partial charge in [-0.1, -0.05) is 49.4 Å². The summed E-state index contributed by atoms with van der Waals surface area (Å²) in [4.78, 5) is 20.4. The average molecular weight is 468 g/mol. The van der Waals surface area contributed by atoms with Crippen molar-refractivity contribution in [3.63, 3.8) is 0 Å². The van der Waals surface area contributed by atoms with Crippen LogP contribution in [0.15, 0.2) is 36.4 Å². The third-order valence-electron chi connectivity index (χ3n) is 7.72. The van der Waals surface area contributed by atoms with E-state index in [1.165, 1.54) is 25.7 Å². The Bertz CT molecular complexity index is 926. The largest absolute Gasteiger partial charge is 0.355 e. The average Bonchev–Trinajstić information content (AvgIpc) is 3.21. The fourth-order valence-corrected chi connectivity index (χ4v) is 5.90. The predicted molar refractivity (Wildman–Crippen MR) is 133 cm³/mol. The van der Waals surface area contributed by atoms with Gasteiger partial charge in [-0.15, -0.1) is 10.2 Å². The van der Waals surface area contributed by atoms with E-state index >= 15 is 0 Å². The number of halogens is 1. The Hall–Kier alpha value is -2.34. The maximum absolute atomic E-state index is 13.7. The molecule has 0 atom stereocenters. The minimum Gasteiger partial charge on any atom is -0.355 e. The van der Waals surface area contributed by atoms with Gasteiger partial charge >= 0.3 is 0 Å². The van der Waals surface area contributed by atoms with Crippen LogP contribution in [0.3, 0.4) is 0 Å². The molecule has 2 saturated heterocycles. The molecule has 1 amide bonds. The van der Waals surface area contributed by atoms with E-state index < -0.39 is 0 Å². The highest BCUT2D eigenvalue weighted by Crippen LogP contribution is 2.43. The number of aromatic nitrogens is 2. The van der Waals surface area contributed by atoms with Crippen LogP contribution in [0.4, 0.5) is 11.6 Å². The molecule has 33 heavy (non-hydrogen) atoms. The van der Waals surface area contributed by atoms with Gasteiger partial charge in [0.2, 0.25) is 5.91 Å². The zero-order chi connectivity index (χ0) is 22.7. The molecule has 0 radical (unpaired) electrons. The fourth-order valence-electron chi connectivity index (χ4n) is 5.77. The molecule has 0 bridgehead atoms. The standard InChI is InChI=1S/C26H34ClN5O/c27-22-9-7-21(8-10-22)26(13-3-4-14-26)25(33)32-19-17-31(18-20-32)24-12-11-23(28-29-24)30-15-5-1-2-6-16-30/h7-12H,1-6,13-20H2. The lowest BCUT2D eigenvalue weighted by Gasteiger charge is -2.40. The predicted octanol–water partition coefficient (Wildman–Crippen LogP) is 4.67. The molecular weight excluding hydrogens is 434 g/mol. The van der Waals surface area contributed by atoms with Crippen molar-refractivity contribution in [1.82, 2.24) is 15.1 Å². The molecule has 1 aliphatic carbocycles. The number of benzene rings is 1. The molecule has 0 spiro atoms. The quantitative estimate of drug-likeness (QED) is 0.654. The Morgan fingerprint density at radius 1 is 0.697 bits per heavy atom. The van der Waals surface area contributed by atoms with Crippen molar-refractivity contribution >= 4 is 29.1 Å². The fraction of sp³-hybridized carbons (Fsp3) is 0.577. The third-order valence-corrected chi connectivity index (χ3v) is 7.97. The van der Waals surface area contributed by atoms with Crippen LogP contribution in [-0.2, 0) is 10.2 Å². The molecule has 0 unspecified atom stereocenters. The molecule has 2 aromatic rings. The van der Waals surface area contributed by atoms with Crippen LogP contribution in [0.2, 0.25) is 5.02 Å². The van der Waals surface area contributed by atoms with Crippen molar-refractivity contribution in [2.45, 2.75) is 56.8 Å². The van der Waals surface area contributed by atoms with Crippen LogP contribution in [-0.4, -0.2) is 60.3 Å². The second-order valence-electron chi connectivity index (χ2n) is 9.73. The van der Waals surface area contributed by atoms with E-state index in [0.717, 1.165) is 87.2 Å². The maximum Gasteiger partial charge on any atom is 0.233 e. The zero-order valence-electron chi connectivity index (χ0n) is 19.4. The summed E-state index contributed by atoms with van der Waals surface area (Å²) in [5.41, 5.74) is 0.730. The Balaban J connectivity index is 1.23. The SMILES string of the molecule is O=C(N1CCN(c2ccc(N3CCCCCC3)nn2)CC1)C1(c2ccc(Cl)cc2)CCCC1. The number of nitrogens with zero attached hydrogens (tertiary/aromatic N) is 5. The lowest BCUT2D eigenvalue weighted by molar-refractivity contribution is -0.137. The highest BCUT2D eigenvalue weighted by Gasteiger charge is 2.45. The molecular formula is C26H34ClN5O. The summed E-state index contributed by atoms with van der Waals surface area (Å²) in [6.07, 6.45) is 9.15. The number of rotatable bonds is 4. The molecule has 176 valence electrons. The number of anilines is 2. The lowest BCUT2D eigenvalue weighted by atomic mass is 9.77. The highest BCUT2D eigenvalue weighted by atomic mass is 35.5. The summed E-state index contributed by atoms with van der Waals surface area (Å²) in [6.45, 7) is 5.18. The first-order valence-corrected chi connectivity index (χ1v) is 12.9. The van der Waals surface area contributed by atoms with Gasteiger partial charge in [0.15, 0.2) is 11.6 Å². The summed E-state index contributed by atoms with van der Waals surface area (Å²) in [5.74, 6) is 2.18. The summed E-state index contributed by atoms with van der Waals surface area (Å²) in [6, 6.07) is 12.1. The molecule has 5 rings (SSSR count). The van der Waals surface area contributed by atoms with Crippen LogP contribution >= 0.6 is 11.6 Å². The summed E-state index contributed by atoms with van der Waals surface area (Å²) in [7, 11) is 0. The van der Waals surface area contributed by atoms with Crippen molar-refractivity contribution < 1.29 is 4.79 Å². The van der Waals surface area contributed by atoms with Gasteiger partial charge < -0.3 is 14.7 Å². The van der Waals surface area contributed by atoms with E-state index in [2.05, 4.69) is 37.0 Å². The molecule has 1 saturated carbocycles.